The molecule has 2 N–H and O–H groups in total. The molecule has 0 aliphatic carbocycles. The van der Waals surface area contributed by atoms with E-state index in [9.17, 15) is 9.18 Å². The van der Waals surface area contributed by atoms with Gasteiger partial charge in [-0.3, -0.25) is 4.79 Å². The van der Waals surface area contributed by atoms with Crippen LogP contribution in [0.5, 0.6) is 0 Å². The lowest BCUT2D eigenvalue weighted by atomic mass is 10.1. The molecule has 1 fully saturated rings. The highest BCUT2D eigenvalue weighted by molar-refractivity contribution is 6.30. The first kappa shape index (κ1) is 16.2. The van der Waals surface area contributed by atoms with Crippen LogP contribution in [0.25, 0.3) is 0 Å². The molecule has 1 aromatic carbocycles. The van der Waals surface area contributed by atoms with Crippen molar-refractivity contribution >= 4 is 29.9 Å². The van der Waals surface area contributed by atoms with E-state index in [2.05, 4.69) is 10.6 Å². The van der Waals surface area contributed by atoms with Gasteiger partial charge in [-0.2, -0.15) is 0 Å². The molecule has 0 unspecified atom stereocenters. The number of hydrogen-bond donors (Lipinski definition) is 2. The Morgan fingerprint density at radius 1 is 1.53 bits per heavy atom. The molecule has 1 heterocycles. The summed E-state index contributed by atoms with van der Waals surface area (Å²) in [5.74, 6) is -0.971. The fourth-order valence-electron chi connectivity index (χ4n) is 2.13. The van der Waals surface area contributed by atoms with Crippen LogP contribution in [0.1, 0.15) is 29.6 Å². The zero-order valence-corrected chi connectivity index (χ0v) is 12.0. The van der Waals surface area contributed by atoms with Crippen molar-refractivity contribution in [3.63, 3.8) is 0 Å². The van der Waals surface area contributed by atoms with Crippen molar-refractivity contribution in [1.29, 1.82) is 0 Å². The molecule has 0 radical (unpaired) electrons. The van der Waals surface area contributed by atoms with E-state index in [-0.39, 0.29) is 23.9 Å². The third kappa shape index (κ3) is 4.64. The number of halogens is 3. The fraction of sp³-hybridized carbons (Fsp3) is 0.462. The third-order valence-corrected chi connectivity index (χ3v) is 3.35. The molecule has 1 aliphatic rings. The number of nitrogens with one attached hydrogen (secondary N) is 2. The molecule has 1 atom stereocenters. The SMILES string of the molecule is Cl.O=C(NCC[C@H]1CCCN1)c1ccc(Cl)cc1F. The Morgan fingerprint density at radius 3 is 2.95 bits per heavy atom. The Morgan fingerprint density at radius 2 is 2.32 bits per heavy atom. The van der Waals surface area contributed by atoms with Gasteiger partial charge in [0.2, 0.25) is 0 Å². The van der Waals surface area contributed by atoms with Crippen LogP contribution in [-0.4, -0.2) is 25.0 Å². The summed E-state index contributed by atoms with van der Waals surface area (Å²) >= 11 is 5.63. The lowest BCUT2D eigenvalue weighted by Crippen LogP contribution is -2.31. The van der Waals surface area contributed by atoms with Gasteiger partial charge in [-0.05, 0) is 44.0 Å². The molecular weight excluding hydrogens is 290 g/mol. The van der Waals surface area contributed by atoms with E-state index < -0.39 is 5.82 Å². The summed E-state index contributed by atoms with van der Waals surface area (Å²) in [6.45, 7) is 1.60. The molecule has 0 bridgehead atoms. The van der Waals surface area contributed by atoms with Crippen LogP contribution in [0.3, 0.4) is 0 Å². The minimum absolute atomic E-state index is 0. The van der Waals surface area contributed by atoms with E-state index in [1.54, 1.807) is 0 Å². The molecule has 1 aliphatic heterocycles. The smallest absolute Gasteiger partial charge is 0.254 e. The van der Waals surface area contributed by atoms with Crippen molar-refractivity contribution in [2.45, 2.75) is 25.3 Å². The molecule has 0 saturated carbocycles. The van der Waals surface area contributed by atoms with Crippen molar-refractivity contribution in [2.24, 2.45) is 0 Å². The van der Waals surface area contributed by atoms with E-state index in [4.69, 9.17) is 11.6 Å². The highest BCUT2D eigenvalue weighted by Gasteiger charge is 2.15. The molecule has 1 aromatic rings. The third-order valence-electron chi connectivity index (χ3n) is 3.12. The highest BCUT2D eigenvalue weighted by atomic mass is 35.5. The first-order chi connectivity index (χ1) is 8.66. The quantitative estimate of drug-likeness (QED) is 0.898. The van der Waals surface area contributed by atoms with Gasteiger partial charge in [0.15, 0.2) is 0 Å². The van der Waals surface area contributed by atoms with Crippen LogP contribution in [-0.2, 0) is 0 Å². The maximum atomic E-state index is 13.5. The van der Waals surface area contributed by atoms with Crippen molar-refractivity contribution in [3.8, 4) is 0 Å². The van der Waals surface area contributed by atoms with Gasteiger partial charge < -0.3 is 10.6 Å². The highest BCUT2D eigenvalue weighted by Crippen LogP contribution is 2.14. The van der Waals surface area contributed by atoms with Crippen LogP contribution >= 0.6 is 24.0 Å². The van der Waals surface area contributed by atoms with Crippen molar-refractivity contribution in [3.05, 3.63) is 34.6 Å². The monoisotopic (exact) mass is 306 g/mol. The summed E-state index contributed by atoms with van der Waals surface area (Å²) in [7, 11) is 0. The number of hydrogen-bond acceptors (Lipinski definition) is 2. The zero-order chi connectivity index (χ0) is 13.0. The fourth-order valence-corrected chi connectivity index (χ4v) is 2.29. The van der Waals surface area contributed by atoms with Gasteiger partial charge in [0, 0.05) is 17.6 Å². The number of carbonyl (C=O) groups is 1. The van der Waals surface area contributed by atoms with E-state index in [0.29, 0.717) is 17.6 Å². The Hall–Kier alpha value is -0.840. The average Bonchev–Trinajstić information content (AvgIpc) is 2.81. The molecule has 0 spiro atoms. The standard InChI is InChI=1S/C13H16ClFN2O.ClH/c14-9-3-4-11(12(15)8-9)13(18)17-7-5-10-2-1-6-16-10;/h3-4,8,10,16H,1-2,5-7H2,(H,17,18);1H/t10-;/m1./s1. The van der Waals surface area contributed by atoms with E-state index in [0.717, 1.165) is 25.5 Å². The Kier molecular flexibility index (Phi) is 6.55. The molecule has 19 heavy (non-hydrogen) atoms. The average molecular weight is 307 g/mol. The van der Waals surface area contributed by atoms with Gasteiger partial charge in [-0.25, -0.2) is 4.39 Å². The number of amides is 1. The summed E-state index contributed by atoms with van der Waals surface area (Å²) in [5.41, 5.74) is 0.0405. The minimum atomic E-state index is -0.584. The predicted octanol–water partition coefficient (Wildman–Crippen LogP) is 2.77. The second-order valence-corrected chi connectivity index (χ2v) is 4.90. The molecule has 3 nitrogen and oxygen atoms in total. The predicted molar refractivity (Wildman–Crippen MR) is 76.6 cm³/mol. The maximum Gasteiger partial charge on any atom is 0.254 e. The van der Waals surface area contributed by atoms with Gasteiger partial charge in [0.05, 0.1) is 5.56 Å². The van der Waals surface area contributed by atoms with Crippen LogP contribution in [0.15, 0.2) is 18.2 Å². The molecule has 2 rings (SSSR count). The van der Waals surface area contributed by atoms with Crippen molar-refractivity contribution in [1.82, 2.24) is 10.6 Å². The molecular formula is C13H17Cl2FN2O. The molecule has 6 heteroatoms. The molecule has 1 amide bonds. The van der Waals surface area contributed by atoms with E-state index in [1.165, 1.54) is 18.6 Å². The molecule has 0 aromatic heterocycles. The first-order valence-corrected chi connectivity index (χ1v) is 6.51. The van der Waals surface area contributed by atoms with Gasteiger partial charge in [-0.1, -0.05) is 11.6 Å². The van der Waals surface area contributed by atoms with Crippen LogP contribution in [0.4, 0.5) is 4.39 Å². The second kappa shape index (κ2) is 7.68. The van der Waals surface area contributed by atoms with Gasteiger partial charge in [-0.15, -0.1) is 12.4 Å². The number of benzene rings is 1. The Bertz CT molecular complexity index is 437. The summed E-state index contributed by atoms with van der Waals surface area (Å²) in [5, 5.41) is 6.36. The summed E-state index contributed by atoms with van der Waals surface area (Å²) in [6.07, 6.45) is 3.20. The summed E-state index contributed by atoms with van der Waals surface area (Å²) in [6, 6.07) is 4.54. The summed E-state index contributed by atoms with van der Waals surface area (Å²) < 4.78 is 13.5. The normalized spacial score (nSPS) is 17.9. The second-order valence-electron chi connectivity index (χ2n) is 4.46. The molecule has 1 saturated heterocycles. The van der Waals surface area contributed by atoms with Crippen LogP contribution in [0, 0.1) is 5.82 Å². The lowest BCUT2D eigenvalue weighted by molar-refractivity contribution is 0.0948. The zero-order valence-electron chi connectivity index (χ0n) is 10.4. The van der Waals surface area contributed by atoms with Gasteiger partial charge >= 0.3 is 0 Å². The minimum Gasteiger partial charge on any atom is -0.352 e. The lowest BCUT2D eigenvalue weighted by Gasteiger charge is -2.11. The Labute approximate surface area is 123 Å². The topological polar surface area (TPSA) is 41.1 Å². The summed E-state index contributed by atoms with van der Waals surface area (Å²) in [4.78, 5) is 11.7. The van der Waals surface area contributed by atoms with Crippen molar-refractivity contribution in [2.75, 3.05) is 13.1 Å². The number of rotatable bonds is 4. The first-order valence-electron chi connectivity index (χ1n) is 6.13. The van der Waals surface area contributed by atoms with Gasteiger partial charge in [0.1, 0.15) is 5.82 Å². The van der Waals surface area contributed by atoms with E-state index >= 15 is 0 Å². The van der Waals surface area contributed by atoms with Crippen molar-refractivity contribution < 1.29 is 9.18 Å². The Balaban J connectivity index is 0.00000180. The van der Waals surface area contributed by atoms with Crippen LogP contribution < -0.4 is 10.6 Å². The largest absolute Gasteiger partial charge is 0.352 e. The van der Waals surface area contributed by atoms with E-state index in [1.807, 2.05) is 0 Å². The number of carbonyl (C=O) groups excluding carboxylic acids is 1. The molecule has 106 valence electrons. The maximum absolute atomic E-state index is 13.5. The van der Waals surface area contributed by atoms with Crippen LogP contribution in [0.2, 0.25) is 5.02 Å². The van der Waals surface area contributed by atoms with Gasteiger partial charge in [0.25, 0.3) is 5.91 Å².